The predicted octanol–water partition coefficient (Wildman–Crippen LogP) is 4.12. The van der Waals surface area contributed by atoms with Gasteiger partial charge >= 0.3 is 0 Å². The summed E-state index contributed by atoms with van der Waals surface area (Å²) in [4.78, 5) is 0. The van der Waals surface area contributed by atoms with Crippen LogP contribution in [0.5, 0.6) is 0 Å². The minimum atomic E-state index is 0.794. The molecule has 3 rings (SSSR count). The second-order valence-electron chi connectivity index (χ2n) is 4.94. The Morgan fingerprint density at radius 2 is 1.71 bits per heavy atom. The second-order valence-corrected chi connectivity index (χ2v) is 4.94. The number of aromatic nitrogens is 2. The number of hydrogen-bond acceptors (Lipinski definition) is 1. The van der Waals surface area contributed by atoms with E-state index < -0.39 is 0 Å². The van der Waals surface area contributed by atoms with Crippen molar-refractivity contribution in [3.63, 3.8) is 0 Å². The number of H-pyrrole nitrogens is 1. The van der Waals surface area contributed by atoms with Crippen molar-refractivity contribution in [1.82, 2.24) is 10.2 Å². The van der Waals surface area contributed by atoms with Crippen LogP contribution < -0.4 is 0 Å². The molecule has 0 atom stereocenters. The molecule has 2 aromatic rings. The Balaban J connectivity index is 1.80. The molecule has 0 saturated heterocycles. The standard InChI is InChI=1S/C15H18N2/c1-2-4-12(5-3-1)13-6-8-14(9-7-13)15-10-16-17-11-15/h6-12H,1-5H2,(H,16,17). The lowest BCUT2D eigenvalue weighted by molar-refractivity contribution is 0.443. The molecule has 1 N–H and O–H groups in total. The first-order valence-corrected chi connectivity index (χ1v) is 6.52. The maximum atomic E-state index is 3.99. The Kier molecular flexibility index (Phi) is 2.95. The highest BCUT2D eigenvalue weighted by Gasteiger charge is 2.15. The summed E-state index contributed by atoms with van der Waals surface area (Å²) in [5, 5.41) is 6.84. The average molecular weight is 226 g/mol. The quantitative estimate of drug-likeness (QED) is 0.819. The van der Waals surface area contributed by atoms with Crippen LogP contribution in [-0.4, -0.2) is 10.2 Å². The van der Waals surface area contributed by atoms with E-state index in [0.717, 1.165) is 5.92 Å². The van der Waals surface area contributed by atoms with Crippen LogP contribution in [0.15, 0.2) is 36.7 Å². The first-order chi connectivity index (χ1) is 8.43. The molecule has 1 saturated carbocycles. The van der Waals surface area contributed by atoms with Crippen LogP contribution in [0.1, 0.15) is 43.6 Å². The van der Waals surface area contributed by atoms with Gasteiger partial charge in [0.05, 0.1) is 6.20 Å². The fourth-order valence-corrected chi connectivity index (χ4v) is 2.79. The predicted molar refractivity (Wildman–Crippen MR) is 69.8 cm³/mol. The SMILES string of the molecule is c1cc(C2CCCCC2)ccc1-c1cn[nH]c1. The number of aromatic amines is 1. The Morgan fingerprint density at radius 3 is 2.35 bits per heavy atom. The molecule has 1 heterocycles. The third-order valence-corrected chi connectivity index (χ3v) is 3.82. The van der Waals surface area contributed by atoms with Crippen molar-refractivity contribution in [3.05, 3.63) is 42.2 Å². The van der Waals surface area contributed by atoms with E-state index >= 15 is 0 Å². The fourth-order valence-electron chi connectivity index (χ4n) is 2.79. The van der Waals surface area contributed by atoms with Gasteiger partial charge < -0.3 is 0 Å². The average Bonchev–Trinajstić information content (AvgIpc) is 2.94. The normalized spacial score (nSPS) is 17.2. The highest BCUT2D eigenvalue weighted by atomic mass is 15.1. The van der Waals surface area contributed by atoms with Crippen LogP contribution in [-0.2, 0) is 0 Å². The van der Waals surface area contributed by atoms with Gasteiger partial charge in [0.1, 0.15) is 0 Å². The number of nitrogens with one attached hydrogen (secondary N) is 1. The lowest BCUT2D eigenvalue weighted by Crippen LogP contribution is -2.04. The summed E-state index contributed by atoms with van der Waals surface area (Å²) in [6.45, 7) is 0. The Hall–Kier alpha value is -1.57. The van der Waals surface area contributed by atoms with Gasteiger partial charge in [-0.15, -0.1) is 0 Å². The summed E-state index contributed by atoms with van der Waals surface area (Å²) in [5.74, 6) is 0.794. The summed E-state index contributed by atoms with van der Waals surface area (Å²) in [5.41, 5.74) is 3.93. The summed E-state index contributed by atoms with van der Waals surface area (Å²) >= 11 is 0. The summed E-state index contributed by atoms with van der Waals surface area (Å²) in [7, 11) is 0. The van der Waals surface area contributed by atoms with Crippen molar-refractivity contribution < 1.29 is 0 Å². The molecule has 0 unspecified atom stereocenters. The van der Waals surface area contributed by atoms with Crippen molar-refractivity contribution in [3.8, 4) is 11.1 Å². The number of benzene rings is 1. The molecular formula is C15H18N2. The van der Waals surface area contributed by atoms with Gasteiger partial charge in [-0.1, -0.05) is 43.5 Å². The lowest BCUT2D eigenvalue weighted by atomic mass is 9.84. The molecule has 2 nitrogen and oxygen atoms in total. The molecule has 0 amide bonds. The van der Waals surface area contributed by atoms with E-state index in [1.54, 1.807) is 0 Å². The number of hydrogen-bond donors (Lipinski definition) is 1. The third-order valence-electron chi connectivity index (χ3n) is 3.82. The summed E-state index contributed by atoms with van der Waals surface area (Å²) in [6, 6.07) is 9.01. The highest BCUT2D eigenvalue weighted by molar-refractivity contribution is 5.61. The molecule has 1 fully saturated rings. The topological polar surface area (TPSA) is 28.7 Å². The van der Waals surface area contributed by atoms with Crippen molar-refractivity contribution >= 4 is 0 Å². The van der Waals surface area contributed by atoms with Gasteiger partial charge in [-0.2, -0.15) is 5.10 Å². The molecule has 17 heavy (non-hydrogen) atoms. The molecule has 0 spiro atoms. The van der Waals surface area contributed by atoms with E-state index in [-0.39, 0.29) is 0 Å². The van der Waals surface area contributed by atoms with Crippen molar-refractivity contribution in [2.24, 2.45) is 0 Å². The molecule has 88 valence electrons. The smallest absolute Gasteiger partial charge is 0.0565 e. The monoisotopic (exact) mass is 226 g/mol. The van der Waals surface area contributed by atoms with E-state index in [4.69, 9.17) is 0 Å². The summed E-state index contributed by atoms with van der Waals surface area (Å²) < 4.78 is 0. The molecule has 0 bridgehead atoms. The minimum Gasteiger partial charge on any atom is -0.285 e. The van der Waals surface area contributed by atoms with E-state index in [2.05, 4.69) is 34.5 Å². The molecule has 2 heteroatoms. The van der Waals surface area contributed by atoms with Gasteiger partial charge in [0.15, 0.2) is 0 Å². The molecule has 1 aliphatic rings. The minimum absolute atomic E-state index is 0.794. The fraction of sp³-hybridized carbons (Fsp3) is 0.400. The van der Waals surface area contributed by atoms with E-state index in [0.29, 0.717) is 0 Å². The zero-order valence-electron chi connectivity index (χ0n) is 10.0. The van der Waals surface area contributed by atoms with E-state index in [9.17, 15) is 0 Å². The van der Waals surface area contributed by atoms with Gasteiger partial charge in [0.25, 0.3) is 0 Å². The van der Waals surface area contributed by atoms with Crippen LogP contribution in [0, 0.1) is 0 Å². The summed E-state index contributed by atoms with van der Waals surface area (Å²) in [6.07, 6.45) is 10.8. The maximum absolute atomic E-state index is 3.99. The van der Waals surface area contributed by atoms with Crippen LogP contribution >= 0.6 is 0 Å². The first kappa shape index (κ1) is 10.6. The maximum Gasteiger partial charge on any atom is 0.0565 e. The second kappa shape index (κ2) is 4.74. The molecule has 1 aromatic heterocycles. The van der Waals surface area contributed by atoms with Crippen LogP contribution in [0.4, 0.5) is 0 Å². The zero-order chi connectivity index (χ0) is 11.5. The largest absolute Gasteiger partial charge is 0.285 e. The van der Waals surface area contributed by atoms with Gasteiger partial charge in [-0.05, 0) is 29.9 Å². The first-order valence-electron chi connectivity index (χ1n) is 6.52. The van der Waals surface area contributed by atoms with Gasteiger partial charge in [0, 0.05) is 11.8 Å². The Labute approximate surface area is 102 Å². The highest BCUT2D eigenvalue weighted by Crippen LogP contribution is 2.33. The molecule has 0 radical (unpaired) electrons. The Bertz CT molecular complexity index is 450. The van der Waals surface area contributed by atoms with Crippen LogP contribution in [0.2, 0.25) is 0 Å². The zero-order valence-corrected chi connectivity index (χ0v) is 10.0. The molecular weight excluding hydrogens is 208 g/mol. The molecule has 1 aromatic carbocycles. The lowest BCUT2D eigenvalue weighted by Gasteiger charge is -2.22. The Morgan fingerprint density at radius 1 is 0.941 bits per heavy atom. The van der Waals surface area contributed by atoms with Gasteiger partial charge in [-0.3, -0.25) is 5.10 Å². The number of nitrogens with zero attached hydrogens (tertiary/aromatic N) is 1. The molecule has 1 aliphatic carbocycles. The van der Waals surface area contributed by atoms with Crippen molar-refractivity contribution in [2.75, 3.05) is 0 Å². The van der Waals surface area contributed by atoms with Gasteiger partial charge in [0.2, 0.25) is 0 Å². The van der Waals surface area contributed by atoms with Crippen LogP contribution in [0.25, 0.3) is 11.1 Å². The molecule has 0 aliphatic heterocycles. The number of rotatable bonds is 2. The van der Waals surface area contributed by atoms with E-state index in [1.807, 2.05) is 12.4 Å². The van der Waals surface area contributed by atoms with Gasteiger partial charge in [-0.25, -0.2) is 0 Å². The van der Waals surface area contributed by atoms with E-state index in [1.165, 1.54) is 48.8 Å². The van der Waals surface area contributed by atoms with Crippen molar-refractivity contribution in [2.45, 2.75) is 38.0 Å². The van der Waals surface area contributed by atoms with Crippen molar-refractivity contribution in [1.29, 1.82) is 0 Å². The third kappa shape index (κ3) is 2.26. The van der Waals surface area contributed by atoms with Crippen LogP contribution in [0.3, 0.4) is 0 Å².